The monoisotopic (exact) mass is 212 g/mol. The Morgan fingerprint density at radius 1 is 1.00 bits per heavy atom. The van der Waals surface area contributed by atoms with Crippen LogP contribution in [0.3, 0.4) is 0 Å². The summed E-state index contributed by atoms with van der Waals surface area (Å²) in [6, 6.07) is 6.69. The minimum atomic E-state index is 0. The van der Waals surface area contributed by atoms with Gasteiger partial charge in [0.2, 0.25) is 0 Å². The summed E-state index contributed by atoms with van der Waals surface area (Å²) in [6.45, 7) is 0. The van der Waals surface area contributed by atoms with Crippen LogP contribution < -0.4 is 0 Å². The number of rotatable bonds is 0. The van der Waals surface area contributed by atoms with Crippen molar-refractivity contribution in [2.75, 3.05) is 0 Å². The van der Waals surface area contributed by atoms with Crippen molar-refractivity contribution in [3.63, 3.8) is 0 Å². The minimum Gasteiger partial charge on any atom is -0.358 e. The van der Waals surface area contributed by atoms with Crippen LogP contribution in [0.1, 0.15) is 24.0 Å². The predicted molar refractivity (Wildman–Crippen MR) is 57.9 cm³/mol. The molecule has 0 radical (unpaired) electrons. The normalized spacial score (nSPS) is 12.0. The van der Waals surface area contributed by atoms with Crippen LogP contribution in [0.25, 0.3) is 0 Å². The number of fused-ring (bicyclic) bond motifs is 1. The molecule has 0 fully saturated rings. The largest absolute Gasteiger partial charge is 4.00 e. The van der Waals surface area contributed by atoms with Crippen LogP contribution in [0.5, 0.6) is 0 Å². The molecule has 1 aliphatic carbocycles. The third-order valence-electron chi connectivity index (χ3n) is 2.15. The summed E-state index contributed by atoms with van der Waals surface area (Å²) in [5.41, 5.74) is 3.20. The van der Waals surface area contributed by atoms with Gasteiger partial charge in [-0.05, 0) is 0 Å². The van der Waals surface area contributed by atoms with Crippen LogP contribution >= 0.6 is 0 Å². The van der Waals surface area contributed by atoms with Crippen LogP contribution in [0, 0.1) is 22.3 Å². The topological polar surface area (TPSA) is 0 Å². The summed E-state index contributed by atoms with van der Waals surface area (Å²) in [5, 5.41) is 0. The van der Waals surface area contributed by atoms with Crippen molar-refractivity contribution in [1.29, 1.82) is 0 Å². The molecule has 1 aromatic rings. The number of hydrogen-bond acceptors (Lipinski definition) is 0. The zero-order valence-corrected chi connectivity index (χ0v) is 10.6. The maximum Gasteiger partial charge on any atom is 4.00 e. The third kappa shape index (κ3) is 4.20. The number of aryl methyl sites for hydroxylation is 2. The van der Waals surface area contributed by atoms with Gasteiger partial charge >= 0.3 is 21.7 Å². The Hall–Kier alpha value is 0.0643. The molecule has 0 nitrogen and oxygen atoms in total. The first-order valence-corrected chi connectivity index (χ1v) is 3.70. The van der Waals surface area contributed by atoms with Gasteiger partial charge < -0.3 is 22.3 Å². The van der Waals surface area contributed by atoms with Crippen LogP contribution in [0.4, 0.5) is 0 Å². The molecule has 0 bridgehead atoms. The first-order chi connectivity index (χ1) is 4.47. The molecule has 0 saturated carbocycles. The SMILES string of the molecule is [CH3-].[CH3-].[CH3-].[Ti+4].c1cc2c([cH-]1)CCCC2. The third-order valence-corrected chi connectivity index (χ3v) is 2.15. The standard InChI is InChI=1S/C9H11.3CH3.Ti/c1-2-5-9-7-3-6-8(9)4-1;;;;/h3,6-7H,1-2,4-5H2;3*1H3;/q4*-1;+4. The van der Waals surface area contributed by atoms with E-state index in [0.717, 1.165) is 0 Å². The Morgan fingerprint density at radius 2 is 1.62 bits per heavy atom. The summed E-state index contributed by atoms with van der Waals surface area (Å²) in [7, 11) is 0. The molecule has 0 spiro atoms. The van der Waals surface area contributed by atoms with E-state index >= 15 is 0 Å². The molecule has 1 aliphatic rings. The van der Waals surface area contributed by atoms with Gasteiger partial charge in [-0.15, -0.1) is 0 Å². The minimum absolute atomic E-state index is 0. The van der Waals surface area contributed by atoms with Crippen molar-refractivity contribution >= 4 is 0 Å². The summed E-state index contributed by atoms with van der Waals surface area (Å²) >= 11 is 0. The van der Waals surface area contributed by atoms with Crippen molar-refractivity contribution in [3.05, 3.63) is 51.6 Å². The molecule has 0 atom stereocenters. The molecular formula is C12H20Ti. The van der Waals surface area contributed by atoms with Gasteiger partial charge in [-0.25, -0.2) is 6.07 Å². The van der Waals surface area contributed by atoms with Gasteiger partial charge in [-0.3, -0.25) is 0 Å². The molecule has 0 amide bonds. The second-order valence-electron chi connectivity index (χ2n) is 2.78. The second kappa shape index (κ2) is 8.65. The maximum absolute atomic E-state index is 2.26. The molecule has 0 unspecified atom stereocenters. The molecule has 0 saturated heterocycles. The molecular weight excluding hydrogens is 192 g/mol. The Kier molecular flexibility index (Phi) is 12.5. The van der Waals surface area contributed by atoms with Gasteiger partial charge in [0.05, 0.1) is 0 Å². The molecule has 2 rings (SSSR count). The molecule has 0 N–H and O–H groups in total. The van der Waals surface area contributed by atoms with Crippen LogP contribution in [0.15, 0.2) is 18.2 Å². The number of hydrogen-bond donors (Lipinski definition) is 0. The van der Waals surface area contributed by atoms with Crippen molar-refractivity contribution in [1.82, 2.24) is 0 Å². The molecule has 0 aromatic heterocycles. The van der Waals surface area contributed by atoms with E-state index < -0.39 is 0 Å². The Labute approximate surface area is 99.0 Å². The zero-order chi connectivity index (χ0) is 6.10. The molecule has 1 heteroatoms. The maximum atomic E-state index is 2.26. The molecule has 72 valence electrons. The van der Waals surface area contributed by atoms with E-state index in [1.165, 1.54) is 25.7 Å². The molecule has 1 aromatic carbocycles. The van der Waals surface area contributed by atoms with Gasteiger partial charge in [0.1, 0.15) is 0 Å². The van der Waals surface area contributed by atoms with E-state index in [1.54, 1.807) is 11.1 Å². The van der Waals surface area contributed by atoms with E-state index in [0.29, 0.717) is 0 Å². The zero-order valence-electron chi connectivity index (χ0n) is 9.06. The Balaban J connectivity index is -0.000000250. The summed E-state index contributed by atoms with van der Waals surface area (Å²) < 4.78 is 0. The quantitative estimate of drug-likeness (QED) is 0.455. The van der Waals surface area contributed by atoms with E-state index in [1.807, 2.05) is 0 Å². The Morgan fingerprint density at radius 3 is 2.23 bits per heavy atom. The van der Waals surface area contributed by atoms with Crippen LogP contribution in [-0.4, -0.2) is 0 Å². The van der Waals surface area contributed by atoms with Gasteiger partial charge in [0, 0.05) is 0 Å². The fraction of sp³-hybridized carbons (Fsp3) is 0.333. The van der Waals surface area contributed by atoms with Crippen LogP contribution in [0.2, 0.25) is 0 Å². The first kappa shape index (κ1) is 18.8. The first-order valence-electron chi connectivity index (χ1n) is 3.70. The van der Waals surface area contributed by atoms with Crippen molar-refractivity contribution in [2.24, 2.45) is 0 Å². The van der Waals surface area contributed by atoms with E-state index in [4.69, 9.17) is 0 Å². The average Bonchev–Trinajstić information content (AvgIpc) is 2.33. The van der Waals surface area contributed by atoms with E-state index in [9.17, 15) is 0 Å². The summed E-state index contributed by atoms with van der Waals surface area (Å²) in [4.78, 5) is 0. The predicted octanol–water partition coefficient (Wildman–Crippen LogP) is 3.63. The van der Waals surface area contributed by atoms with Gasteiger partial charge in [0.15, 0.2) is 0 Å². The van der Waals surface area contributed by atoms with Gasteiger partial charge in [-0.1, -0.05) is 25.7 Å². The second-order valence-corrected chi connectivity index (χ2v) is 2.78. The van der Waals surface area contributed by atoms with Crippen LogP contribution in [-0.2, 0) is 34.6 Å². The van der Waals surface area contributed by atoms with Gasteiger partial charge in [-0.2, -0.15) is 23.3 Å². The average molecular weight is 212 g/mol. The molecule has 0 aliphatic heterocycles. The fourth-order valence-electron chi connectivity index (χ4n) is 1.61. The smallest absolute Gasteiger partial charge is 0.358 e. The Bertz CT molecular complexity index is 180. The summed E-state index contributed by atoms with van der Waals surface area (Å²) in [6.07, 6.45) is 5.44. The molecule has 13 heavy (non-hydrogen) atoms. The summed E-state index contributed by atoms with van der Waals surface area (Å²) in [5.74, 6) is 0. The molecule has 0 heterocycles. The van der Waals surface area contributed by atoms with Crippen molar-refractivity contribution in [2.45, 2.75) is 25.7 Å². The van der Waals surface area contributed by atoms with E-state index in [2.05, 4.69) is 18.2 Å². The van der Waals surface area contributed by atoms with Gasteiger partial charge in [0.25, 0.3) is 0 Å². The van der Waals surface area contributed by atoms with Crippen molar-refractivity contribution in [3.8, 4) is 0 Å². The van der Waals surface area contributed by atoms with Crippen molar-refractivity contribution < 1.29 is 21.7 Å². The van der Waals surface area contributed by atoms with E-state index in [-0.39, 0.29) is 44.0 Å². The fourth-order valence-corrected chi connectivity index (χ4v) is 1.61.